The lowest BCUT2D eigenvalue weighted by atomic mass is 10.2. The van der Waals surface area contributed by atoms with Crippen molar-refractivity contribution in [2.24, 2.45) is 0 Å². The molecule has 0 radical (unpaired) electrons. The van der Waals surface area contributed by atoms with Gasteiger partial charge >= 0.3 is 8.80 Å². The monoisotopic (exact) mass is 346 g/mol. The molecule has 130 valence electrons. The van der Waals surface area contributed by atoms with Crippen molar-refractivity contribution in [2.75, 3.05) is 19.8 Å². The van der Waals surface area contributed by atoms with E-state index in [4.69, 9.17) is 18.0 Å². The van der Waals surface area contributed by atoms with Gasteiger partial charge in [-0.05, 0) is 38.5 Å². The van der Waals surface area contributed by atoms with Gasteiger partial charge in [0.2, 0.25) is 0 Å². The van der Waals surface area contributed by atoms with Crippen molar-refractivity contribution in [2.45, 2.75) is 27.4 Å². The van der Waals surface area contributed by atoms with Crippen LogP contribution in [0.25, 0.3) is 0 Å². The lowest BCUT2D eigenvalue weighted by Crippen LogP contribution is -2.56. The number of ether oxygens (including phenoxy) is 1. The van der Waals surface area contributed by atoms with E-state index in [0.29, 0.717) is 26.4 Å². The Labute approximate surface area is 145 Å². The van der Waals surface area contributed by atoms with Crippen molar-refractivity contribution in [1.29, 1.82) is 0 Å². The standard InChI is InChI=1S/C19H26O4Si/c1-4-21-24(22-5-2,23-6-3)19-14-10-13-18(15-19)20-16-17-11-8-7-9-12-17/h7-15H,4-6,16H2,1-3H3. The molecule has 0 amide bonds. The van der Waals surface area contributed by atoms with Crippen molar-refractivity contribution in [3.05, 3.63) is 60.2 Å². The Bertz CT molecular complexity index is 586. The summed E-state index contributed by atoms with van der Waals surface area (Å²) in [6.45, 7) is 8.02. The zero-order valence-corrected chi connectivity index (χ0v) is 15.7. The van der Waals surface area contributed by atoms with Crippen LogP contribution in [0.5, 0.6) is 5.75 Å². The average Bonchev–Trinajstić information content (AvgIpc) is 2.62. The summed E-state index contributed by atoms with van der Waals surface area (Å²) >= 11 is 0. The molecule has 0 aliphatic rings. The zero-order valence-electron chi connectivity index (χ0n) is 14.7. The highest BCUT2D eigenvalue weighted by molar-refractivity contribution is 6.75. The summed E-state index contributed by atoms with van der Waals surface area (Å²) in [5, 5.41) is 0.929. The van der Waals surface area contributed by atoms with Crippen LogP contribution in [0.1, 0.15) is 26.3 Å². The molecule has 0 aliphatic heterocycles. The zero-order chi connectivity index (χ0) is 17.3. The lowest BCUT2D eigenvalue weighted by Gasteiger charge is -2.28. The van der Waals surface area contributed by atoms with Crippen molar-refractivity contribution >= 4 is 14.0 Å². The molecule has 0 spiro atoms. The van der Waals surface area contributed by atoms with Crippen LogP contribution in [0.2, 0.25) is 0 Å². The van der Waals surface area contributed by atoms with Gasteiger partial charge in [-0.3, -0.25) is 0 Å². The van der Waals surface area contributed by atoms with Crippen LogP contribution in [-0.4, -0.2) is 28.6 Å². The van der Waals surface area contributed by atoms with E-state index >= 15 is 0 Å². The van der Waals surface area contributed by atoms with E-state index in [2.05, 4.69) is 0 Å². The minimum atomic E-state index is -2.89. The van der Waals surface area contributed by atoms with Crippen LogP contribution in [0.3, 0.4) is 0 Å². The van der Waals surface area contributed by atoms with Crippen LogP contribution in [0.15, 0.2) is 54.6 Å². The number of hydrogen-bond donors (Lipinski definition) is 0. The van der Waals surface area contributed by atoms with Gasteiger partial charge in [0.05, 0.1) is 0 Å². The number of hydrogen-bond acceptors (Lipinski definition) is 4. The van der Waals surface area contributed by atoms with Crippen molar-refractivity contribution in [3.8, 4) is 5.75 Å². The largest absolute Gasteiger partial charge is 0.537 e. The maximum Gasteiger partial charge on any atom is 0.537 e. The predicted molar refractivity (Wildman–Crippen MR) is 97.5 cm³/mol. The molecular weight excluding hydrogens is 320 g/mol. The Kier molecular flexibility index (Phi) is 7.46. The second-order valence-corrected chi connectivity index (χ2v) is 7.71. The first kappa shape index (κ1) is 18.7. The highest BCUT2D eigenvalue weighted by Gasteiger charge is 2.43. The molecule has 0 N–H and O–H groups in total. The third-order valence-corrected chi connectivity index (χ3v) is 6.46. The highest BCUT2D eigenvalue weighted by Crippen LogP contribution is 2.16. The molecule has 2 aromatic rings. The van der Waals surface area contributed by atoms with Gasteiger partial charge in [-0.2, -0.15) is 0 Å². The summed E-state index contributed by atoms with van der Waals surface area (Å²) in [5.41, 5.74) is 1.13. The summed E-state index contributed by atoms with van der Waals surface area (Å²) < 4.78 is 23.8. The molecule has 0 atom stereocenters. The molecule has 4 nitrogen and oxygen atoms in total. The van der Waals surface area contributed by atoms with Crippen molar-refractivity contribution < 1.29 is 18.0 Å². The van der Waals surface area contributed by atoms with E-state index in [-0.39, 0.29) is 0 Å². The molecule has 0 saturated carbocycles. The van der Waals surface area contributed by atoms with Gasteiger partial charge in [0.1, 0.15) is 12.4 Å². The van der Waals surface area contributed by atoms with Gasteiger partial charge in [0.25, 0.3) is 0 Å². The summed E-state index contributed by atoms with van der Waals surface area (Å²) in [5.74, 6) is 0.785. The van der Waals surface area contributed by atoms with Crippen molar-refractivity contribution in [3.63, 3.8) is 0 Å². The molecule has 2 rings (SSSR count). The van der Waals surface area contributed by atoms with E-state index in [1.807, 2.05) is 75.4 Å². The fourth-order valence-electron chi connectivity index (χ4n) is 2.46. The molecule has 24 heavy (non-hydrogen) atoms. The Morgan fingerprint density at radius 1 is 0.750 bits per heavy atom. The van der Waals surface area contributed by atoms with Crippen LogP contribution in [-0.2, 0) is 19.9 Å². The molecule has 2 aromatic carbocycles. The molecular formula is C19H26O4Si. The fraction of sp³-hybridized carbons (Fsp3) is 0.368. The number of rotatable bonds is 10. The van der Waals surface area contributed by atoms with E-state index in [1.165, 1.54) is 0 Å². The third kappa shape index (κ3) is 4.91. The molecule has 0 fully saturated rings. The maximum atomic E-state index is 5.95. The Morgan fingerprint density at radius 3 is 1.96 bits per heavy atom. The quantitative estimate of drug-likeness (QED) is 0.617. The topological polar surface area (TPSA) is 36.9 Å². The minimum absolute atomic E-state index is 0.525. The van der Waals surface area contributed by atoms with Gasteiger partial charge in [0.15, 0.2) is 0 Å². The molecule has 0 heterocycles. The highest BCUT2D eigenvalue weighted by atomic mass is 28.4. The van der Waals surface area contributed by atoms with Crippen LogP contribution in [0.4, 0.5) is 0 Å². The van der Waals surface area contributed by atoms with E-state index in [1.54, 1.807) is 0 Å². The first-order valence-electron chi connectivity index (χ1n) is 8.43. The molecule has 0 aliphatic carbocycles. The Balaban J connectivity index is 2.19. The Hall–Kier alpha value is -1.66. The minimum Gasteiger partial charge on any atom is -0.489 e. The smallest absolute Gasteiger partial charge is 0.489 e. The van der Waals surface area contributed by atoms with Crippen LogP contribution < -0.4 is 9.92 Å². The molecule has 0 aromatic heterocycles. The van der Waals surface area contributed by atoms with Crippen molar-refractivity contribution in [1.82, 2.24) is 0 Å². The predicted octanol–water partition coefficient (Wildman–Crippen LogP) is 3.52. The molecule has 0 unspecified atom stereocenters. The van der Waals surface area contributed by atoms with Gasteiger partial charge in [0, 0.05) is 25.0 Å². The van der Waals surface area contributed by atoms with Gasteiger partial charge in [-0.1, -0.05) is 42.5 Å². The van der Waals surface area contributed by atoms with E-state index in [9.17, 15) is 0 Å². The summed E-state index contributed by atoms with van der Waals surface area (Å²) in [6.07, 6.45) is 0. The van der Waals surface area contributed by atoms with Crippen LogP contribution in [0, 0.1) is 0 Å². The molecule has 5 heteroatoms. The molecule has 0 bridgehead atoms. The maximum absolute atomic E-state index is 5.95. The summed E-state index contributed by atoms with van der Waals surface area (Å²) in [6, 6.07) is 17.9. The Morgan fingerprint density at radius 2 is 1.38 bits per heavy atom. The SMILES string of the molecule is CCO[Si](OCC)(OCC)c1cccc(OCc2ccccc2)c1. The lowest BCUT2D eigenvalue weighted by molar-refractivity contribution is 0.0858. The number of benzene rings is 2. The van der Waals surface area contributed by atoms with Gasteiger partial charge in [-0.25, -0.2) is 0 Å². The first-order chi connectivity index (χ1) is 11.7. The first-order valence-corrected chi connectivity index (χ1v) is 10.2. The van der Waals surface area contributed by atoms with Gasteiger partial charge in [-0.15, -0.1) is 0 Å². The van der Waals surface area contributed by atoms with Crippen LogP contribution >= 0.6 is 0 Å². The second kappa shape index (κ2) is 9.59. The fourth-order valence-corrected chi connectivity index (χ4v) is 4.97. The molecule has 0 saturated heterocycles. The third-order valence-electron chi connectivity index (χ3n) is 3.44. The normalized spacial score (nSPS) is 11.5. The average molecular weight is 346 g/mol. The second-order valence-electron chi connectivity index (χ2n) is 5.16. The summed E-state index contributed by atoms with van der Waals surface area (Å²) in [4.78, 5) is 0. The summed E-state index contributed by atoms with van der Waals surface area (Å²) in [7, 11) is -2.89. The van der Waals surface area contributed by atoms with E-state index in [0.717, 1.165) is 16.5 Å². The van der Waals surface area contributed by atoms with E-state index < -0.39 is 8.80 Å². The van der Waals surface area contributed by atoms with Gasteiger partial charge < -0.3 is 18.0 Å².